The van der Waals surface area contributed by atoms with Crippen molar-refractivity contribution in [3.8, 4) is 0 Å². The highest BCUT2D eigenvalue weighted by atomic mass is 16.6. The lowest BCUT2D eigenvalue weighted by atomic mass is 10.1. The normalized spacial score (nSPS) is 19.1. The summed E-state index contributed by atoms with van der Waals surface area (Å²) in [6.45, 7) is 5.58. The van der Waals surface area contributed by atoms with Gasteiger partial charge in [0.1, 0.15) is 7.11 Å². The summed E-state index contributed by atoms with van der Waals surface area (Å²) < 4.78 is 0. The van der Waals surface area contributed by atoms with Crippen molar-refractivity contribution in [2.75, 3.05) is 26.7 Å². The van der Waals surface area contributed by atoms with Crippen molar-refractivity contribution in [2.45, 2.75) is 19.8 Å². The van der Waals surface area contributed by atoms with E-state index in [9.17, 15) is 0 Å². The second kappa shape index (κ2) is 5.75. The molecule has 13 heavy (non-hydrogen) atoms. The molecule has 0 N–H and O–H groups in total. The van der Waals surface area contributed by atoms with E-state index in [1.165, 1.54) is 25.1 Å². The predicted octanol–water partition coefficient (Wildman–Crippen LogP) is 1.66. The molecule has 0 fully saturated rings. The first-order valence-corrected chi connectivity index (χ1v) is 4.84. The molecule has 74 valence electrons. The Bertz CT molecular complexity index is 199. The van der Waals surface area contributed by atoms with E-state index in [4.69, 9.17) is 0 Å². The van der Waals surface area contributed by atoms with Crippen LogP contribution in [0.5, 0.6) is 0 Å². The average molecular weight is 182 g/mol. The maximum atomic E-state index is 4.65. The van der Waals surface area contributed by atoms with Crippen LogP contribution in [-0.2, 0) is 4.84 Å². The molecule has 0 amide bonds. The molecule has 1 heterocycles. The molecule has 3 nitrogen and oxygen atoms in total. The average Bonchev–Trinajstić information content (AvgIpc) is 2.16. The number of nitrogens with zero attached hydrogens (tertiary/aromatic N) is 2. The fraction of sp³-hybridized carbons (Fsp3) is 0.700. The van der Waals surface area contributed by atoms with Crippen LogP contribution in [-0.4, -0.2) is 37.9 Å². The predicted molar refractivity (Wildman–Crippen MR) is 54.9 cm³/mol. The Hall–Kier alpha value is -0.830. The second-order valence-electron chi connectivity index (χ2n) is 3.26. The van der Waals surface area contributed by atoms with Gasteiger partial charge < -0.3 is 4.84 Å². The van der Waals surface area contributed by atoms with Crippen LogP contribution >= 0.6 is 0 Å². The van der Waals surface area contributed by atoms with Crippen LogP contribution in [0.4, 0.5) is 0 Å². The standard InChI is InChI=1S/C10H18N2O/c1-3-6-12-7-4-5-10(9-12)8-11-13-2/h5,8H,3-4,6-7,9H2,1-2H3/b11-8+. The van der Waals surface area contributed by atoms with E-state index < -0.39 is 0 Å². The molecule has 1 rings (SSSR count). The molecule has 0 aliphatic carbocycles. The van der Waals surface area contributed by atoms with Crippen LogP contribution in [0.15, 0.2) is 16.8 Å². The fourth-order valence-electron chi connectivity index (χ4n) is 1.56. The highest BCUT2D eigenvalue weighted by Gasteiger charge is 2.09. The quantitative estimate of drug-likeness (QED) is 0.488. The third kappa shape index (κ3) is 3.59. The van der Waals surface area contributed by atoms with Crippen molar-refractivity contribution < 1.29 is 4.84 Å². The Morgan fingerprint density at radius 1 is 1.69 bits per heavy atom. The summed E-state index contributed by atoms with van der Waals surface area (Å²) in [4.78, 5) is 7.09. The van der Waals surface area contributed by atoms with E-state index in [-0.39, 0.29) is 0 Å². The molecular formula is C10H18N2O. The third-order valence-corrected chi connectivity index (χ3v) is 2.12. The fourth-order valence-corrected chi connectivity index (χ4v) is 1.56. The Balaban J connectivity index is 2.39. The zero-order valence-electron chi connectivity index (χ0n) is 8.49. The van der Waals surface area contributed by atoms with E-state index in [0.29, 0.717) is 0 Å². The molecule has 0 aromatic carbocycles. The SMILES string of the molecule is CCCN1CCC=C(/C=N/OC)C1. The Morgan fingerprint density at radius 3 is 3.23 bits per heavy atom. The summed E-state index contributed by atoms with van der Waals surface area (Å²) in [5, 5.41) is 3.77. The van der Waals surface area contributed by atoms with Crippen LogP contribution in [0.3, 0.4) is 0 Å². The van der Waals surface area contributed by atoms with E-state index in [1.54, 1.807) is 7.11 Å². The van der Waals surface area contributed by atoms with E-state index in [2.05, 4.69) is 27.9 Å². The molecule has 0 radical (unpaired) electrons. The summed E-state index contributed by atoms with van der Waals surface area (Å²) in [6.07, 6.45) is 6.39. The van der Waals surface area contributed by atoms with Crippen molar-refractivity contribution in [1.29, 1.82) is 0 Å². The Kier molecular flexibility index (Phi) is 4.54. The maximum absolute atomic E-state index is 4.65. The molecule has 0 saturated heterocycles. The van der Waals surface area contributed by atoms with Crippen molar-refractivity contribution in [2.24, 2.45) is 5.16 Å². The zero-order chi connectivity index (χ0) is 9.52. The lowest BCUT2D eigenvalue weighted by molar-refractivity contribution is 0.215. The minimum atomic E-state index is 1.01. The second-order valence-corrected chi connectivity index (χ2v) is 3.26. The molecule has 0 aromatic rings. The van der Waals surface area contributed by atoms with Crippen LogP contribution in [0.2, 0.25) is 0 Å². The van der Waals surface area contributed by atoms with Gasteiger partial charge in [0.05, 0.1) is 6.21 Å². The van der Waals surface area contributed by atoms with Gasteiger partial charge in [-0.2, -0.15) is 0 Å². The highest BCUT2D eigenvalue weighted by Crippen LogP contribution is 2.08. The summed E-state index contributed by atoms with van der Waals surface area (Å²) in [5.74, 6) is 0. The minimum Gasteiger partial charge on any atom is -0.399 e. The molecule has 0 bridgehead atoms. The van der Waals surface area contributed by atoms with Crippen LogP contribution in [0.25, 0.3) is 0 Å². The van der Waals surface area contributed by atoms with Gasteiger partial charge >= 0.3 is 0 Å². The largest absolute Gasteiger partial charge is 0.399 e. The third-order valence-electron chi connectivity index (χ3n) is 2.12. The van der Waals surface area contributed by atoms with E-state index in [0.717, 1.165) is 13.0 Å². The number of hydrogen-bond donors (Lipinski definition) is 0. The van der Waals surface area contributed by atoms with Gasteiger partial charge in [-0.25, -0.2) is 0 Å². The summed E-state index contributed by atoms with van der Waals surface area (Å²) in [6, 6.07) is 0. The monoisotopic (exact) mass is 182 g/mol. The Morgan fingerprint density at radius 2 is 2.54 bits per heavy atom. The summed E-state index contributed by atoms with van der Waals surface area (Å²) >= 11 is 0. The molecular weight excluding hydrogens is 164 g/mol. The van der Waals surface area contributed by atoms with Gasteiger partial charge in [-0.05, 0) is 25.0 Å². The van der Waals surface area contributed by atoms with Crippen LogP contribution in [0.1, 0.15) is 19.8 Å². The molecule has 0 unspecified atom stereocenters. The van der Waals surface area contributed by atoms with Gasteiger partial charge in [0.15, 0.2) is 0 Å². The first-order chi connectivity index (χ1) is 6.36. The maximum Gasteiger partial charge on any atom is 0.106 e. The number of hydrogen-bond acceptors (Lipinski definition) is 3. The van der Waals surface area contributed by atoms with Gasteiger partial charge in [0.25, 0.3) is 0 Å². The first kappa shape index (κ1) is 10.3. The molecule has 3 heteroatoms. The molecule has 0 saturated carbocycles. The molecule has 1 aliphatic heterocycles. The van der Waals surface area contributed by atoms with Crippen LogP contribution < -0.4 is 0 Å². The molecule has 0 aromatic heterocycles. The minimum absolute atomic E-state index is 1.01. The lowest BCUT2D eigenvalue weighted by Crippen LogP contribution is -2.30. The van der Waals surface area contributed by atoms with Gasteiger partial charge in [-0.3, -0.25) is 4.90 Å². The first-order valence-electron chi connectivity index (χ1n) is 4.84. The van der Waals surface area contributed by atoms with Crippen molar-refractivity contribution in [3.05, 3.63) is 11.6 Å². The number of rotatable bonds is 4. The van der Waals surface area contributed by atoms with Crippen molar-refractivity contribution in [3.63, 3.8) is 0 Å². The zero-order valence-corrected chi connectivity index (χ0v) is 8.49. The van der Waals surface area contributed by atoms with Gasteiger partial charge in [-0.15, -0.1) is 0 Å². The lowest BCUT2D eigenvalue weighted by Gasteiger charge is -2.24. The van der Waals surface area contributed by atoms with Crippen molar-refractivity contribution in [1.82, 2.24) is 4.90 Å². The van der Waals surface area contributed by atoms with Gasteiger partial charge in [-0.1, -0.05) is 18.2 Å². The topological polar surface area (TPSA) is 24.8 Å². The molecule has 0 atom stereocenters. The highest BCUT2D eigenvalue weighted by molar-refractivity contribution is 5.78. The summed E-state index contributed by atoms with van der Waals surface area (Å²) in [7, 11) is 1.57. The van der Waals surface area contributed by atoms with Crippen LogP contribution in [0, 0.1) is 0 Å². The summed E-state index contributed by atoms with van der Waals surface area (Å²) in [5.41, 5.74) is 1.27. The molecule has 0 spiro atoms. The Labute approximate surface area is 80.1 Å². The van der Waals surface area contributed by atoms with Gasteiger partial charge in [0, 0.05) is 13.1 Å². The van der Waals surface area contributed by atoms with Crippen molar-refractivity contribution >= 4 is 6.21 Å². The van der Waals surface area contributed by atoms with E-state index in [1.807, 2.05) is 6.21 Å². The van der Waals surface area contributed by atoms with E-state index >= 15 is 0 Å². The molecule has 1 aliphatic rings. The smallest absolute Gasteiger partial charge is 0.106 e. The number of oxime groups is 1. The van der Waals surface area contributed by atoms with Gasteiger partial charge in [0.2, 0.25) is 0 Å².